The molecule has 1 heterocycles. The van der Waals surface area contributed by atoms with Crippen molar-refractivity contribution >= 4 is 12.1 Å². The van der Waals surface area contributed by atoms with Crippen LogP contribution < -0.4 is 9.22 Å². The van der Waals surface area contributed by atoms with Crippen LogP contribution in [0, 0.1) is 0 Å². The summed E-state index contributed by atoms with van der Waals surface area (Å²) in [6, 6.07) is 7.67. The first-order chi connectivity index (χ1) is 7.32. The lowest BCUT2D eigenvalue weighted by atomic mass is 10.2. The molecule has 1 amide bonds. The van der Waals surface area contributed by atoms with Crippen molar-refractivity contribution in [1.82, 2.24) is 4.48 Å². The fourth-order valence-electron chi connectivity index (χ4n) is 1.96. The summed E-state index contributed by atoms with van der Waals surface area (Å²) in [5.74, 6) is 0.803. The monoisotopic (exact) mass is 204 g/mol. The highest BCUT2D eigenvalue weighted by molar-refractivity contribution is 5.74. The van der Waals surface area contributed by atoms with Crippen molar-refractivity contribution in [2.45, 2.75) is 0 Å². The first kappa shape index (κ1) is 9.93. The van der Waals surface area contributed by atoms with Gasteiger partial charge in [0, 0.05) is 6.07 Å². The Morgan fingerprint density at radius 1 is 1.47 bits per heavy atom. The van der Waals surface area contributed by atoms with Gasteiger partial charge in [0.2, 0.25) is 0 Å². The smallest absolute Gasteiger partial charge is 0.307 e. The van der Waals surface area contributed by atoms with E-state index in [4.69, 9.17) is 4.74 Å². The third-order valence-corrected chi connectivity index (χ3v) is 2.75. The molecule has 0 N–H and O–H groups in total. The van der Waals surface area contributed by atoms with Crippen molar-refractivity contribution in [1.29, 1.82) is 0 Å². The van der Waals surface area contributed by atoms with E-state index in [0.717, 1.165) is 17.8 Å². The number of ether oxygens (including phenoxy) is 1. The molecule has 78 valence electrons. The molecule has 0 fully saturated rings. The number of benzene rings is 1. The van der Waals surface area contributed by atoms with Gasteiger partial charge >= 0.3 is 6.41 Å². The van der Waals surface area contributed by atoms with Gasteiger partial charge in [-0.1, -0.05) is 18.7 Å². The van der Waals surface area contributed by atoms with Crippen LogP contribution in [0.4, 0.5) is 5.69 Å². The lowest BCUT2D eigenvalue weighted by Gasteiger charge is -2.34. The van der Waals surface area contributed by atoms with E-state index >= 15 is 0 Å². The fraction of sp³-hybridized carbons (Fsp3) is 0.250. The number of rotatable bonds is 3. The molecule has 0 aromatic heterocycles. The topological polar surface area (TPSA) is 26.3 Å². The average molecular weight is 204 g/mol. The summed E-state index contributed by atoms with van der Waals surface area (Å²) >= 11 is 0. The lowest BCUT2D eigenvalue weighted by Crippen LogP contribution is -2.53. The molecule has 1 aliphatic rings. The zero-order valence-electron chi connectivity index (χ0n) is 8.56. The summed E-state index contributed by atoms with van der Waals surface area (Å²) in [5, 5.41) is 0. The Morgan fingerprint density at radius 3 is 3.00 bits per heavy atom. The van der Waals surface area contributed by atoms with Gasteiger partial charge in [-0.2, -0.15) is 0 Å². The molecular formula is C12H14NO2+. The highest BCUT2D eigenvalue weighted by Gasteiger charge is 2.35. The molecule has 1 atom stereocenters. The molecule has 0 radical (unpaired) electrons. The van der Waals surface area contributed by atoms with Crippen LogP contribution in [0.5, 0.6) is 5.75 Å². The maximum atomic E-state index is 11.3. The number of quaternary nitrogens is 1. The Bertz CT molecular complexity index is 389. The predicted octanol–water partition coefficient (Wildman–Crippen LogP) is 1.73. The summed E-state index contributed by atoms with van der Waals surface area (Å²) in [6.07, 6.45) is 2.75. The van der Waals surface area contributed by atoms with Crippen LogP contribution in [0.15, 0.2) is 36.9 Å². The van der Waals surface area contributed by atoms with Crippen molar-refractivity contribution in [2.75, 3.05) is 19.7 Å². The van der Waals surface area contributed by atoms with Crippen LogP contribution in [-0.2, 0) is 4.79 Å². The molecule has 0 saturated heterocycles. The minimum atomic E-state index is 0.291. The number of carbonyl (C=O) groups excluding carboxylic acids is 1. The Balaban J connectivity index is 2.51. The minimum absolute atomic E-state index is 0.291. The highest BCUT2D eigenvalue weighted by atomic mass is 16.5. The van der Waals surface area contributed by atoms with E-state index in [2.05, 4.69) is 6.58 Å². The Kier molecular flexibility index (Phi) is 2.56. The van der Waals surface area contributed by atoms with Crippen molar-refractivity contribution < 1.29 is 9.53 Å². The summed E-state index contributed by atoms with van der Waals surface area (Å²) in [6.45, 7) is 5.57. The molecule has 3 nitrogen and oxygen atoms in total. The van der Waals surface area contributed by atoms with E-state index in [1.165, 1.54) is 0 Å². The molecule has 1 unspecified atom stereocenters. The van der Waals surface area contributed by atoms with Crippen LogP contribution in [0.3, 0.4) is 0 Å². The minimum Gasteiger partial charge on any atom is -0.481 e. The van der Waals surface area contributed by atoms with E-state index in [1.807, 2.05) is 24.3 Å². The van der Waals surface area contributed by atoms with Crippen LogP contribution >= 0.6 is 0 Å². The maximum absolute atomic E-state index is 11.3. The first-order valence-corrected chi connectivity index (χ1v) is 4.99. The second-order valence-electron chi connectivity index (χ2n) is 3.65. The van der Waals surface area contributed by atoms with Crippen LogP contribution in [0.25, 0.3) is 0 Å². The summed E-state index contributed by atoms with van der Waals surface area (Å²) in [4.78, 5) is 11.3. The molecule has 2 rings (SSSR count). The SMILES string of the molecule is C=CC[N+]1(C=O)CCOc2ccccc21. The third kappa shape index (κ3) is 1.55. The van der Waals surface area contributed by atoms with Gasteiger partial charge in [0.25, 0.3) is 0 Å². The van der Waals surface area contributed by atoms with Gasteiger partial charge in [-0.15, -0.1) is 0 Å². The number of amides is 1. The van der Waals surface area contributed by atoms with Gasteiger partial charge < -0.3 is 4.74 Å². The third-order valence-electron chi connectivity index (χ3n) is 2.75. The van der Waals surface area contributed by atoms with E-state index in [9.17, 15) is 4.79 Å². The molecule has 0 saturated carbocycles. The molecular weight excluding hydrogens is 190 g/mol. The highest BCUT2D eigenvalue weighted by Crippen LogP contribution is 2.35. The van der Waals surface area contributed by atoms with E-state index in [1.54, 1.807) is 6.08 Å². The Labute approximate surface area is 89.2 Å². The lowest BCUT2D eigenvalue weighted by molar-refractivity contribution is -0.118. The number of para-hydroxylation sites is 2. The Morgan fingerprint density at radius 2 is 2.27 bits per heavy atom. The van der Waals surface area contributed by atoms with E-state index < -0.39 is 0 Å². The van der Waals surface area contributed by atoms with E-state index in [0.29, 0.717) is 24.2 Å². The number of carbonyl (C=O) groups is 1. The van der Waals surface area contributed by atoms with Crippen molar-refractivity contribution in [3.8, 4) is 5.75 Å². The summed E-state index contributed by atoms with van der Waals surface area (Å²) in [7, 11) is 0. The van der Waals surface area contributed by atoms with Gasteiger partial charge in [0.05, 0.1) is 0 Å². The standard InChI is InChI=1S/C12H14NO2/c1-2-7-13(10-14)8-9-15-12-6-4-3-5-11(12)13/h2-6,10H,1,7-9H2/q+1. The van der Waals surface area contributed by atoms with Gasteiger partial charge in [-0.25, -0.2) is 9.28 Å². The predicted molar refractivity (Wildman–Crippen MR) is 59.7 cm³/mol. The van der Waals surface area contributed by atoms with Crippen LogP contribution in [-0.4, -0.2) is 26.1 Å². The van der Waals surface area contributed by atoms with Gasteiger partial charge in [0.1, 0.15) is 19.7 Å². The van der Waals surface area contributed by atoms with E-state index in [-0.39, 0.29) is 0 Å². The number of nitrogens with zero attached hydrogens (tertiary/aromatic N) is 1. The fourth-order valence-corrected chi connectivity index (χ4v) is 1.96. The molecule has 0 bridgehead atoms. The molecule has 1 aliphatic heterocycles. The normalized spacial score (nSPS) is 23.7. The second-order valence-corrected chi connectivity index (χ2v) is 3.65. The van der Waals surface area contributed by atoms with Crippen molar-refractivity contribution in [3.05, 3.63) is 36.9 Å². The molecule has 1 aromatic carbocycles. The first-order valence-electron chi connectivity index (χ1n) is 4.99. The number of hydrogen-bond donors (Lipinski definition) is 0. The maximum Gasteiger partial charge on any atom is 0.307 e. The van der Waals surface area contributed by atoms with Crippen LogP contribution in [0.1, 0.15) is 0 Å². The van der Waals surface area contributed by atoms with Gasteiger partial charge in [-0.05, 0) is 12.1 Å². The number of fused-ring (bicyclic) bond motifs is 1. The summed E-state index contributed by atoms with van der Waals surface area (Å²) < 4.78 is 5.81. The molecule has 15 heavy (non-hydrogen) atoms. The van der Waals surface area contributed by atoms with Crippen molar-refractivity contribution in [3.63, 3.8) is 0 Å². The summed E-state index contributed by atoms with van der Waals surface area (Å²) in [5.41, 5.74) is 0.929. The molecule has 3 heteroatoms. The molecule has 0 aliphatic carbocycles. The van der Waals surface area contributed by atoms with Crippen molar-refractivity contribution in [2.24, 2.45) is 0 Å². The average Bonchev–Trinajstić information content (AvgIpc) is 2.30. The quantitative estimate of drug-likeness (QED) is 0.426. The zero-order valence-corrected chi connectivity index (χ0v) is 8.56. The number of hydrogen-bond acceptors (Lipinski definition) is 2. The zero-order chi connectivity index (χ0) is 10.7. The van der Waals surface area contributed by atoms with Crippen LogP contribution in [0.2, 0.25) is 0 Å². The van der Waals surface area contributed by atoms with Gasteiger partial charge in [-0.3, -0.25) is 0 Å². The molecule has 1 aromatic rings. The largest absolute Gasteiger partial charge is 0.481 e. The second kappa shape index (κ2) is 3.87. The van der Waals surface area contributed by atoms with Gasteiger partial charge in [0.15, 0.2) is 11.4 Å². The Hall–Kier alpha value is -1.61. The molecule has 0 spiro atoms.